The van der Waals surface area contributed by atoms with Crippen molar-refractivity contribution in [2.45, 2.75) is 6.92 Å². The summed E-state index contributed by atoms with van der Waals surface area (Å²) in [6.07, 6.45) is 0. The molecule has 0 aliphatic heterocycles. The van der Waals surface area contributed by atoms with E-state index >= 15 is 0 Å². The van der Waals surface area contributed by atoms with Crippen LogP contribution >= 0.6 is 0 Å². The van der Waals surface area contributed by atoms with Crippen LogP contribution in [0.3, 0.4) is 0 Å². The van der Waals surface area contributed by atoms with Gasteiger partial charge in [0.15, 0.2) is 0 Å². The van der Waals surface area contributed by atoms with Gasteiger partial charge < -0.3 is 11.1 Å². The van der Waals surface area contributed by atoms with Gasteiger partial charge in [0.1, 0.15) is 5.84 Å². The Labute approximate surface area is 123 Å². The number of rotatable bonds is 3. The lowest BCUT2D eigenvalue weighted by molar-refractivity contribution is 1.38. The zero-order chi connectivity index (χ0) is 14.8. The summed E-state index contributed by atoms with van der Waals surface area (Å²) in [5, 5.41) is 13.4. The molecule has 0 spiro atoms. The fourth-order valence-corrected chi connectivity index (χ4v) is 2.60. The van der Waals surface area contributed by atoms with Crippen molar-refractivity contribution in [3.05, 3.63) is 71.8 Å². The van der Waals surface area contributed by atoms with E-state index in [1.807, 2.05) is 61.5 Å². The Balaban J connectivity index is 2.19. The summed E-state index contributed by atoms with van der Waals surface area (Å²) in [6, 6.07) is 20.1. The van der Waals surface area contributed by atoms with E-state index in [4.69, 9.17) is 11.1 Å². The highest BCUT2D eigenvalue weighted by molar-refractivity contribution is 6.10. The summed E-state index contributed by atoms with van der Waals surface area (Å²) >= 11 is 0. The van der Waals surface area contributed by atoms with Gasteiger partial charge in [-0.3, -0.25) is 5.41 Å². The zero-order valence-electron chi connectivity index (χ0n) is 11.9. The zero-order valence-corrected chi connectivity index (χ0v) is 11.9. The molecule has 0 heterocycles. The first-order valence-corrected chi connectivity index (χ1v) is 6.85. The average molecular weight is 275 g/mol. The lowest BCUT2D eigenvalue weighted by atomic mass is 9.97. The van der Waals surface area contributed by atoms with Crippen LogP contribution in [-0.4, -0.2) is 5.84 Å². The van der Waals surface area contributed by atoms with Crippen LogP contribution in [0.15, 0.2) is 60.7 Å². The van der Waals surface area contributed by atoms with Gasteiger partial charge in [-0.05, 0) is 41.5 Å². The normalized spacial score (nSPS) is 10.5. The van der Waals surface area contributed by atoms with E-state index in [0.29, 0.717) is 0 Å². The van der Waals surface area contributed by atoms with Crippen LogP contribution in [-0.2, 0) is 0 Å². The number of nitrogen functional groups attached to an aromatic ring is 1. The smallest absolute Gasteiger partial charge is 0.123 e. The summed E-state index contributed by atoms with van der Waals surface area (Å²) in [7, 11) is 0. The molecule has 21 heavy (non-hydrogen) atoms. The summed E-state index contributed by atoms with van der Waals surface area (Å²) < 4.78 is 0. The minimum absolute atomic E-state index is 0.0976. The highest BCUT2D eigenvalue weighted by Gasteiger charge is 2.12. The van der Waals surface area contributed by atoms with Gasteiger partial charge in [0, 0.05) is 16.9 Å². The van der Waals surface area contributed by atoms with E-state index in [0.717, 1.165) is 33.3 Å². The minimum Gasteiger partial charge on any atom is -0.384 e. The molecule has 0 amide bonds. The van der Waals surface area contributed by atoms with E-state index in [1.54, 1.807) is 0 Å². The molecule has 0 fully saturated rings. The quantitative estimate of drug-likeness (QED) is 0.496. The molecule has 3 heteroatoms. The fraction of sp³-hybridized carbons (Fsp3) is 0.0556. The molecule has 3 rings (SSSR count). The van der Waals surface area contributed by atoms with Crippen LogP contribution in [0, 0.1) is 12.3 Å². The van der Waals surface area contributed by atoms with E-state index in [2.05, 4.69) is 11.4 Å². The Morgan fingerprint density at radius 2 is 1.67 bits per heavy atom. The van der Waals surface area contributed by atoms with Crippen molar-refractivity contribution in [2.24, 2.45) is 5.73 Å². The largest absolute Gasteiger partial charge is 0.384 e. The maximum absolute atomic E-state index is 7.88. The molecule has 0 unspecified atom stereocenters. The van der Waals surface area contributed by atoms with E-state index < -0.39 is 0 Å². The lowest BCUT2D eigenvalue weighted by Gasteiger charge is -2.16. The predicted octanol–water partition coefficient (Wildman–Crippen LogP) is 4.18. The average Bonchev–Trinajstić information content (AvgIpc) is 2.49. The van der Waals surface area contributed by atoms with Gasteiger partial charge in [0.25, 0.3) is 0 Å². The molecule has 0 bridgehead atoms. The number of anilines is 2. The Kier molecular flexibility index (Phi) is 3.32. The van der Waals surface area contributed by atoms with E-state index in [9.17, 15) is 0 Å². The molecular weight excluding hydrogens is 258 g/mol. The topological polar surface area (TPSA) is 61.9 Å². The number of hydrogen-bond donors (Lipinski definition) is 3. The Bertz CT molecular complexity index is 807. The fourth-order valence-electron chi connectivity index (χ4n) is 2.60. The van der Waals surface area contributed by atoms with Crippen molar-refractivity contribution in [2.75, 3.05) is 5.32 Å². The molecular formula is C18H17N3. The van der Waals surface area contributed by atoms with Gasteiger partial charge >= 0.3 is 0 Å². The summed E-state index contributed by atoms with van der Waals surface area (Å²) in [6.45, 7) is 1.99. The number of para-hydroxylation sites is 1. The molecule has 0 saturated carbocycles. The summed E-state index contributed by atoms with van der Waals surface area (Å²) in [4.78, 5) is 0. The number of fused-ring (bicyclic) bond motifs is 1. The molecule has 3 aromatic carbocycles. The van der Waals surface area contributed by atoms with Gasteiger partial charge in [-0.2, -0.15) is 0 Å². The minimum atomic E-state index is 0.0976. The molecule has 0 radical (unpaired) electrons. The standard InChI is InChI=1S/C18H17N3/c1-12-16(21-14-8-3-2-4-9-14)11-13-7-5-6-10-15(13)17(12)18(19)20/h2-11,21H,1H3,(H3,19,20). The molecule has 0 aliphatic rings. The van der Waals surface area contributed by atoms with Crippen LogP contribution in [0.25, 0.3) is 10.8 Å². The second kappa shape index (κ2) is 5.29. The number of benzene rings is 3. The highest BCUT2D eigenvalue weighted by Crippen LogP contribution is 2.30. The SMILES string of the molecule is Cc1c(Nc2ccccc2)cc2ccccc2c1C(=N)N. The van der Waals surface area contributed by atoms with Crippen molar-refractivity contribution in [3.63, 3.8) is 0 Å². The first-order valence-electron chi connectivity index (χ1n) is 6.85. The molecule has 3 nitrogen and oxygen atoms in total. The Morgan fingerprint density at radius 3 is 2.38 bits per heavy atom. The molecule has 4 N–H and O–H groups in total. The van der Waals surface area contributed by atoms with E-state index in [-0.39, 0.29) is 5.84 Å². The van der Waals surface area contributed by atoms with Gasteiger partial charge in [-0.15, -0.1) is 0 Å². The first-order chi connectivity index (χ1) is 10.2. The maximum atomic E-state index is 7.88. The molecule has 3 aromatic rings. The van der Waals surface area contributed by atoms with Crippen LogP contribution in [0.4, 0.5) is 11.4 Å². The van der Waals surface area contributed by atoms with Crippen molar-refractivity contribution in [1.82, 2.24) is 0 Å². The Morgan fingerprint density at radius 1 is 1.00 bits per heavy atom. The first kappa shape index (κ1) is 13.2. The van der Waals surface area contributed by atoms with Crippen LogP contribution in [0.2, 0.25) is 0 Å². The Hall–Kier alpha value is -2.81. The predicted molar refractivity (Wildman–Crippen MR) is 89.4 cm³/mol. The van der Waals surface area contributed by atoms with Crippen LogP contribution < -0.4 is 11.1 Å². The van der Waals surface area contributed by atoms with Crippen molar-refractivity contribution >= 4 is 28.0 Å². The third kappa shape index (κ3) is 2.46. The molecule has 0 aromatic heterocycles. The summed E-state index contributed by atoms with van der Waals surface area (Å²) in [5.74, 6) is 0.0976. The van der Waals surface area contributed by atoms with Gasteiger partial charge in [-0.1, -0.05) is 42.5 Å². The van der Waals surface area contributed by atoms with Gasteiger partial charge in [0.05, 0.1) is 0 Å². The number of amidine groups is 1. The number of hydrogen-bond acceptors (Lipinski definition) is 2. The second-order valence-electron chi connectivity index (χ2n) is 5.05. The van der Waals surface area contributed by atoms with Gasteiger partial charge in [0.2, 0.25) is 0 Å². The molecule has 0 aliphatic carbocycles. The third-order valence-electron chi connectivity index (χ3n) is 3.63. The van der Waals surface area contributed by atoms with Gasteiger partial charge in [-0.25, -0.2) is 0 Å². The molecule has 104 valence electrons. The lowest BCUT2D eigenvalue weighted by Crippen LogP contribution is -2.14. The highest BCUT2D eigenvalue weighted by atomic mass is 14.9. The summed E-state index contributed by atoms with van der Waals surface area (Å²) in [5.41, 5.74) is 9.58. The van der Waals surface area contributed by atoms with Crippen LogP contribution in [0.5, 0.6) is 0 Å². The third-order valence-corrected chi connectivity index (χ3v) is 3.63. The monoisotopic (exact) mass is 275 g/mol. The van der Waals surface area contributed by atoms with Crippen molar-refractivity contribution < 1.29 is 0 Å². The second-order valence-corrected chi connectivity index (χ2v) is 5.05. The molecule has 0 saturated heterocycles. The van der Waals surface area contributed by atoms with E-state index in [1.165, 1.54) is 0 Å². The maximum Gasteiger partial charge on any atom is 0.123 e. The molecule has 0 atom stereocenters. The number of nitrogens with one attached hydrogen (secondary N) is 2. The van der Waals surface area contributed by atoms with Crippen LogP contribution in [0.1, 0.15) is 11.1 Å². The van der Waals surface area contributed by atoms with Crippen molar-refractivity contribution in [3.8, 4) is 0 Å². The number of nitrogens with two attached hydrogens (primary N) is 1. The van der Waals surface area contributed by atoms with Crippen molar-refractivity contribution in [1.29, 1.82) is 5.41 Å².